The minimum Gasteiger partial charge on any atom is -0.381 e. The summed E-state index contributed by atoms with van der Waals surface area (Å²) >= 11 is 3.52. The van der Waals surface area contributed by atoms with E-state index in [9.17, 15) is 0 Å². The SMILES string of the molecule is CCCNCC(CC1CCOCC1)c1ccc(Br)cc1. The first-order valence-electron chi connectivity index (χ1n) is 7.83. The molecular formula is C17H26BrNO. The topological polar surface area (TPSA) is 21.3 Å². The Labute approximate surface area is 131 Å². The maximum absolute atomic E-state index is 5.48. The highest BCUT2D eigenvalue weighted by Crippen LogP contribution is 2.29. The average Bonchev–Trinajstić information content (AvgIpc) is 2.48. The van der Waals surface area contributed by atoms with Crippen LogP contribution in [-0.4, -0.2) is 26.3 Å². The lowest BCUT2D eigenvalue weighted by atomic mass is 9.85. The molecule has 1 aliphatic heterocycles. The van der Waals surface area contributed by atoms with Crippen LogP contribution in [0.1, 0.15) is 44.1 Å². The molecule has 1 aromatic rings. The molecule has 1 heterocycles. The summed E-state index contributed by atoms with van der Waals surface area (Å²) in [4.78, 5) is 0. The van der Waals surface area contributed by atoms with Gasteiger partial charge in [-0.15, -0.1) is 0 Å². The van der Waals surface area contributed by atoms with Gasteiger partial charge in [0.15, 0.2) is 0 Å². The first-order valence-corrected chi connectivity index (χ1v) is 8.62. The summed E-state index contributed by atoms with van der Waals surface area (Å²) in [6.07, 6.45) is 4.92. The van der Waals surface area contributed by atoms with Crippen molar-refractivity contribution in [1.82, 2.24) is 5.32 Å². The van der Waals surface area contributed by atoms with Crippen LogP contribution in [0.5, 0.6) is 0 Å². The van der Waals surface area contributed by atoms with Crippen LogP contribution >= 0.6 is 15.9 Å². The Balaban J connectivity index is 1.97. The van der Waals surface area contributed by atoms with Crippen LogP contribution in [0.2, 0.25) is 0 Å². The van der Waals surface area contributed by atoms with Gasteiger partial charge in [-0.1, -0.05) is 35.0 Å². The number of ether oxygens (including phenoxy) is 1. The number of hydrogen-bond donors (Lipinski definition) is 1. The van der Waals surface area contributed by atoms with Gasteiger partial charge in [0.1, 0.15) is 0 Å². The molecule has 2 nitrogen and oxygen atoms in total. The second-order valence-electron chi connectivity index (χ2n) is 5.74. The zero-order chi connectivity index (χ0) is 14.2. The molecule has 1 fully saturated rings. The third kappa shape index (κ3) is 5.19. The number of hydrogen-bond acceptors (Lipinski definition) is 2. The molecule has 0 spiro atoms. The molecule has 0 bridgehead atoms. The molecule has 20 heavy (non-hydrogen) atoms. The molecule has 1 saturated heterocycles. The standard InChI is InChI=1S/C17H26BrNO/c1-2-9-19-13-16(12-14-7-10-20-11-8-14)15-3-5-17(18)6-4-15/h3-6,14,16,19H,2,7-13H2,1H3. The molecule has 3 heteroatoms. The fourth-order valence-corrected chi connectivity index (χ4v) is 3.17. The molecule has 0 saturated carbocycles. The maximum atomic E-state index is 5.48. The Hall–Kier alpha value is -0.380. The summed E-state index contributed by atoms with van der Waals surface area (Å²) in [6.45, 7) is 6.31. The lowest BCUT2D eigenvalue weighted by Gasteiger charge is -2.27. The minimum absolute atomic E-state index is 0.623. The molecule has 1 aliphatic rings. The predicted octanol–water partition coefficient (Wildman–Crippen LogP) is 4.35. The van der Waals surface area contributed by atoms with E-state index in [1.807, 2.05) is 0 Å². The number of benzene rings is 1. The fourth-order valence-electron chi connectivity index (χ4n) is 2.91. The van der Waals surface area contributed by atoms with Gasteiger partial charge in [0.2, 0.25) is 0 Å². The van der Waals surface area contributed by atoms with E-state index >= 15 is 0 Å². The summed E-state index contributed by atoms with van der Waals surface area (Å²) in [6, 6.07) is 8.85. The van der Waals surface area contributed by atoms with Crippen LogP contribution in [-0.2, 0) is 4.74 Å². The highest BCUT2D eigenvalue weighted by molar-refractivity contribution is 9.10. The van der Waals surface area contributed by atoms with E-state index in [1.165, 1.54) is 31.2 Å². The van der Waals surface area contributed by atoms with Crippen molar-refractivity contribution in [3.05, 3.63) is 34.3 Å². The van der Waals surface area contributed by atoms with Gasteiger partial charge in [-0.05, 0) is 61.8 Å². The third-order valence-corrected chi connectivity index (χ3v) is 4.65. The molecule has 1 N–H and O–H groups in total. The van der Waals surface area contributed by atoms with Crippen molar-refractivity contribution in [3.8, 4) is 0 Å². The molecule has 0 aliphatic carbocycles. The summed E-state index contributed by atoms with van der Waals surface area (Å²) in [5.41, 5.74) is 1.46. The second kappa shape index (κ2) is 8.81. The van der Waals surface area contributed by atoms with E-state index in [0.717, 1.165) is 36.7 Å². The van der Waals surface area contributed by atoms with Crippen LogP contribution in [0.3, 0.4) is 0 Å². The van der Waals surface area contributed by atoms with Gasteiger partial charge < -0.3 is 10.1 Å². The third-order valence-electron chi connectivity index (χ3n) is 4.12. The summed E-state index contributed by atoms with van der Waals surface area (Å²) in [5.74, 6) is 1.44. The van der Waals surface area contributed by atoms with Gasteiger partial charge in [0.05, 0.1) is 0 Å². The molecule has 0 aromatic heterocycles. The van der Waals surface area contributed by atoms with Gasteiger partial charge in [0, 0.05) is 24.2 Å². The van der Waals surface area contributed by atoms with Crippen molar-refractivity contribution in [3.63, 3.8) is 0 Å². The van der Waals surface area contributed by atoms with E-state index in [4.69, 9.17) is 4.74 Å². The van der Waals surface area contributed by atoms with Gasteiger partial charge in [-0.3, -0.25) is 0 Å². The molecule has 1 unspecified atom stereocenters. The average molecular weight is 340 g/mol. The minimum atomic E-state index is 0.623. The fraction of sp³-hybridized carbons (Fsp3) is 0.647. The Morgan fingerprint density at radius 1 is 1.25 bits per heavy atom. The summed E-state index contributed by atoms with van der Waals surface area (Å²) < 4.78 is 6.64. The molecule has 0 amide bonds. The molecular weight excluding hydrogens is 314 g/mol. The summed E-state index contributed by atoms with van der Waals surface area (Å²) in [5, 5.41) is 3.59. The summed E-state index contributed by atoms with van der Waals surface area (Å²) in [7, 11) is 0. The normalized spacial score (nSPS) is 18.1. The van der Waals surface area contributed by atoms with E-state index < -0.39 is 0 Å². The molecule has 1 aromatic carbocycles. The Morgan fingerprint density at radius 2 is 1.95 bits per heavy atom. The van der Waals surface area contributed by atoms with Crippen LogP contribution < -0.4 is 5.32 Å². The Kier molecular flexibility index (Phi) is 7.05. The van der Waals surface area contributed by atoms with Crippen LogP contribution in [0, 0.1) is 5.92 Å². The largest absolute Gasteiger partial charge is 0.381 e. The highest BCUT2D eigenvalue weighted by atomic mass is 79.9. The van der Waals surface area contributed by atoms with Crippen molar-refractivity contribution in [2.24, 2.45) is 5.92 Å². The van der Waals surface area contributed by atoms with Gasteiger partial charge >= 0.3 is 0 Å². The highest BCUT2D eigenvalue weighted by Gasteiger charge is 2.20. The molecule has 0 radical (unpaired) electrons. The van der Waals surface area contributed by atoms with Gasteiger partial charge in [0.25, 0.3) is 0 Å². The molecule has 1 atom stereocenters. The van der Waals surface area contributed by atoms with Crippen molar-refractivity contribution >= 4 is 15.9 Å². The van der Waals surface area contributed by atoms with Gasteiger partial charge in [-0.2, -0.15) is 0 Å². The van der Waals surface area contributed by atoms with E-state index in [-0.39, 0.29) is 0 Å². The van der Waals surface area contributed by atoms with Crippen LogP contribution in [0.4, 0.5) is 0 Å². The monoisotopic (exact) mass is 339 g/mol. The van der Waals surface area contributed by atoms with Crippen LogP contribution in [0.15, 0.2) is 28.7 Å². The number of nitrogens with one attached hydrogen (secondary N) is 1. The quantitative estimate of drug-likeness (QED) is 0.745. The first-order chi connectivity index (χ1) is 9.79. The smallest absolute Gasteiger partial charge is 0.0468 e. The van der Waals surface area contributed by atoms with E-state index in [1.54, 1.807) is 0 Å². The first kappa shape index (κ1) is 16.0. The lowest BCUT2D eigenvalue weighted by molar-refractivity contribution is 0.0616. The lowest BCUT2D eigenvalue weighted by Crippen LogP contribution is -2.26. The Bertz CT molecular complexity index is 373. The molecule has 112 valence electrons. The van der Waals surface area contributed by atoms with Crippen molar-refractivity contribution in [2.75, 3.05) is 26.3 Å². The Morgan fingerprint density at radius 3 is 2.60 bits per heavy atom. The van der Waals surface area contributed by atoms with Crippen LogP contribution in [0.25, 0.3) is 0 Å². The number of halogens is 1. The second-order valence-corrected chi connectivity index (χ2v) is 6.66. The predicted molar refractivity (Wildman–Crippen MR) is 88.2 cm³/mol. The zero-order valence-electron chi connectivity index (χ0n) is 12.4. The van der Waals surface area contributed by atoms with Crippen molar-refractivity contribution in [1.29, 1.82) is 0 Å². The maximum Gasteiger partial charge on any atom is 0.0468 e. The molecule has 2 rings (SSSR count). The zero-order valence-corrected chi connectivity index (χ0v) is 14.0. The van der Waals surface area contributed by atoms with Crippen molar-refractivity contribution < 1.29 is 4.74 Å². The number of rotatable bonds is 7. The van der Waals surface area contributed by atoms with E-state index in [2.05, 4.69) is 52.4 Å². The van der Waals surface area contributed by atoms with Crippen molar-refractivity contribution in [2.45, 2.75) is 38.5 Å². The van der Waals surface area contributed by atoms with Gasteiger partial charge in [-0.25, -0.2) is 0 Å². The van der Waals surface area contributed by atoms with E-state index in [0.29, 0.717) is 5.92 Å².